The molecule has 0 saturated heterocycles. The van der Waals surface area contributed by atoms with Crippen molar-refractivity contribution in [2.45, 2.75) is 19.8 Å². The molecular formula is C21H18N2O2. The lowest BCUT2D eigenvalue weighted by Crippen LogP contribution is -1.98. The Balaban J connectivity index is 1.77. The molecule has 1 aliphatic rings. The first-order valence-electron chi connectivity index (χ1n) is 8.33. The van der Waals surface area contributed by atoms with Gasteiger partial charge in [-0.15, -0.1) is 0 Å². The molecule has 4 rings (SSSR count). The fourth-order valence-corrected chi connectivity index (χ4v) is 3.25. The highest BCUT2D eigenvalue weighted by molar-refractivity contribution is 6.03. The van der Waals surface area contributed by atoms with Gasteiger partial charge in [-0.05, 0) is 54.2 Å². The number of H-pyrrole nitrogens is 1. The van der Waals surface area contributed by atoms with E-state index in [1.54, 1.807) is 6.07 Å². The lowest BCUT2D eigenvalue weighted by Gasteiger charge is -2.09. The van der Waals surface area contributed by atoms with Gasteiger partial charge in [-0.1, -0.05) is 42.5 Å². The van der Waals surface area contributed by atoms with Gasteiger partial charge in [0.05, 0.1) is 11.1 Å². The number of carboxylic acids is 1. The van der Waals surface area contributed by atoms with Crippen LogP contribution in [0.15, 0.2) is 54.6 Å². The number of aryl methyl sites for hydroxylation is 1. The summed E-state index contributed by atoms with van der Waals surface area (Å²) in [5.74, 6) is -0.256. The number of carbonyl (C=O) groups is 1. The predicted octanol–water partition coefficient (Wildman–Crippen LogP) is 4.97. The number of nitrogens with one attached hydrogen (secondary N) is 1. The Hall–Kier alpha value is -3.14. The molecule has 0 unspecified atom stereocenters. The highest BCUT2D eigenvalue weighted by Gasteiger charge is 2.15. The van der Waals surface area contributed by atoms with Gasteiger partial charge in [0, 0.05) is 0 Å². The monoisotopic (exact) mass is 330 g/mol. The van der Waals surface area contributed by atoms with Gasteiger partial charge >= 0.3 is 5.97 Å². The number of hydrogen-bond acceptors (Lipinski definition) is 2. The molecule has 3 aromatic rings. The molecule has 2 N–H and O–H groups in total. The molecule has 25 heavy (non-hydrogen) atoms. The fraction of sp³-hybridized carbons (Fsp3) is 0.143. The first-order valence-corrected chi connectivity index (χ1v) is 8.33. The minimum absolute atomic E-state index is 0.221. The number of aromatic nitrogens is 2. The van der Waals surface area contributed by atoms with Gasteiger partial charge in [-0.2, -0.15) is 0 Å². The van der Waals surface area contributed by atoms with E-state index >= 15 is 0 Å². The number of aromatic carboxylic acids is 1. The molecule has 0 fully saturated rings. The van der Waals surface area contributed by atoms with Gasteiger partial charge in [-0.3, -0.25) is 0 Å². The molecule has 1 aromatic heterocycles. The Bertz CT molecular complexity index is 1020. The summed E-state index contributed by atoms with van der Waals surface area (Å²) in [6, 6.07) is 11.9. The second-order valence-electron chi connectivity index (χ2n) is 6.26. The smallest absolute Gasteiger partial charge is 0.337 e. The summed E-state index contributed by atoms with van der Waals surface area (Å²) < 4.78 is 0. The number of imidazole rings is 1. The number of allylic oxidation sites excluding steroid dienone is 4. The molecule has 0 amide bonds. The van der Waals surface area contributed by atoms with Crippen molar-refractivity contribution in [3.05, 3.63) is 71.6 Å². The number of fused-ring (bicyclic) bond motifs is 1. The van der Waals surface area contributed by atoms with E-state index in [2.05, 4.69) is 40.3 Å². The molecule has 0 aliphatic heterocycles. The maximum absolute atomic E-state index is 11.6. The number of hydrogen-bond donors (Lipinski definition) is 2. The van der Waals surface area contributed by atoms with Crippen molar-refractivity contribution in [2.24, 2.45) is 0 Å². The second-order valence-corrected chi connectivity index (χ2v) is 6.26. The van der Waals surface area contributed by atoms with Gasteiger partial charge in [0.15, 0.2) is 0 Å². The van der Waals surface area contributed by atoms with E-state index in [4.69, 9.17) is 0 Å². The normalized spacial score (nSPS) is 13.9. The Labute approximate surface area is 145 Å². The van der Waals surface area contributed by atoms with Crippen molar-refractivity contribution >= 4 is 22.6 Å². The molecule has 2 aromatic carbocycles. The average molecular weight is 330 g/mol. The average Bonchev–Trinajstić information content (AvgIpc) is 3.01. The zero-order valence-corrected chi connectivity index (χ0v) is 13.9. The molecule has 0 bridgehead atoms. The molecule has 0 saturated carbocycles. The lowest BCUT2D eigenvalue weighted by atomic mass is 9.96. The van der Waals surface area contributed by atoms with Crippen LogP contribution in [0.2, 0.25) is 0 Å². The highest BCUT2D eigenvalue weighted by Crippen LogP contribution is 2.29. The fourth-order valence-electron chi connectivity index (χ4n) is 3.25. The Morgan fingerprint density at radius 2 is 1.84 bits per heavy atom. The predicted molar refractivity (Wildman–Crippen MR) is 99.6 cm³/mol. The van der Waals surface area contributed by atoms with Crippen LogP contribution < -0.4 is 0 Å². The minimum Gasteiger partial charge on any atom is -0.478 e. The molecular weight excluding hydrogens is 312 g/mol. The van der Waals surface area contributed by atoms with Gasteiger partial charge < -0.3 is 10.1 Å². The summed E-state index contributed by atoms with van der Waals surface area (Å²) in [7, 11) is 0. The van der Waals surface area contributed by atoms with Crippen LogP contribution in [0.3, 0.4) is 0 Å². The van der Waals surface area contributed by atoms with E-state index in [1.807, 2.05) is 25.1 Å². The third kappa shape index (κ3) is 2.87. The summed E-state index contributed by atoms with van der Waals surface area (Å²) in [5.41, 5.74) is 5.74. The number of benzene rings is 2. The molecule has 124 valence electrons. The topological polar surface area (TPSA) is 66.0 Å². The van der Waals surface area contributed by atoms with Crippen molar-refractivity contribution in [1.29, 1.82) is 0 Å². The van der Waals surface area contributed by atoms with Crippen molar-refractivity contribution in [3.8, 4) is 11.1 Å². The molecule has 0 radical (unpaired) electrons. The maximum Gasteiger partial charge on any atom is 0.337 e. The third-order valence-electron chi connectivity index (χ3n) is 4.48. The van der Waals surface area contributed by atoms with E-state index < -0.39 is 5.97 Å². The summed E-state index contributed by atoms with van der Waals surface area (Å²) >= 11 is 0. The molecule has 0 spiro atoms. The standard InChI is InChI=1S/C21H18N2O2/c1-13-22-19-12-17(11-18(21(24)25)20(19)23-13)16-9-7-15(8-10-16)14-5-3-2-4-6-14/h3,5-12H,2,4H2,1H3,(H,22,23)(H,24,25). The van der Waals surface area contributed by atoms with Crippen molar-refractivity contribution in [3.63, 3.8) is 0 Å². The summed E-state index contributed by atoms with van der Waals surface area (Å²) in [4.78, 5) is 19.0. The molecule has 0 atom stereocenters. The van der Waals surface area contributed by atoms with Gasteiger partial charge in [0.25, 0.3) is 0 Å². The van der Waals surface area contributed by atoms with Gasteiger partial charge in [0.2, 0.25) is 0 Å². The number of nitrogens with zero attached hydrogens (tertiary/aromatic N) is 1. The van der Waals surface area contributed by atoms with Gasteiger partial charge in [0.1, 0.15) is 11.3 Å². The Kier molecular flexibility index (Phi) is 3.73. The highest BCUT2D eigenvalue weighted by atomic mass is 16.4. The number of aromatic amines is 1. The Morgan fingerprint density at radius 1 is 1.08 bits per heavy atom. The van der Waals surface area contributed by atoms with E-state index in [0.29, 0.717) is 11.3 Å². The van der Waals surface area contributed by atoms with E-state index in [-0.39, 0.29) is 5.56 Å². The SMILES string of the molecule is Cc1nc2c(C(=O)O)cc(-c3ccc(C4=CCCC=C4)cc3)cc2[nH]1. The van der Waals surface area contributed by atoms with Crippen LogP contribution >= 0.6 is 0 Å². The summed E-state index contributed by atoms with van der Waals surface area (Å²) in [6.45, 7) is 1.82. The first kappa shape index (κ1) is 15.4. The summed E-state index contributed by atoms with van der Waals surface area (Å²) in [5, 5.41) is 9.51. The number of carboxylic acid groups (broad SMARTS) is 1. The maximum atomic E-state index is 11.6. The van der Waals surface area contributed by atoms with Crippen LogP contribution in [0.4, 0.5) is 0 Å². The second kappa shape index (κ2) is 6.06. The van der Waals surface area contributed by atoms with Crippen LogP contribution in [-0.4, -0.2) is 21.0 Å². The van der Waals surface area contributed by atoms with E-state index in [0.717, 1.165) is 29.5 Å². The Morgan fingerprint density at radius 3 is 2.52 bits per heavy atom. The van der Waals surface area contributed by atoms with Crippen LogP contribution in [0.5, 0.6) is 0 Å². The van der Waals surface area contributed by atoms with Crippen LogP contribution in [0.25, 0.3) is 27.7 Å². The van der Waals surface area contributed by atoms with Gasteiger partial charge in [-0.25, -0.2) is 9.78 Å². The van der Waals surface area contributed by atoms with Crippen molar-refractivity contribution in [2.75, 3.05) is 0 Å². The quantitative estimate of drug-likeness (QED) is 0.712. The van der Waals surface area contributed by atoms with E-state index in [9.17, 15) is 9.90 Å². The molecule has 1 heterocycles. The zero-order chi connectivity index (χ0) is 17.4. The zero-order valence-electron chi connectivity index (χ0n) is 13.9. The molecule has 1 aliphatic carbocycles. The molecule has 4 nitrogen and oxygen atoms in total. The van der Waals surface area contributed by atoms with Crippen LogP contribution in [0.1, 0.15) is 34.6 Å². The lowest BCUT2D eigenvalue weighted by molar-refractivity contribution is 0.0699. The molecule has 4 heteroatoms. The third-order valence-corrected chi connectivity index (χ3v) is 4.48. The largest absolute Gasteiger partial charge is 0.478 e. The first-order chi connectivity index (χ1) is 12.1. The van der Waals surface area contributed by atoms with E-state index in [1.165, 1.54) is 11.1 Å². The number of rotatable bonds is 3. The van der Waals surface area contributed by atoms with Crippen LogP contribution in [0, 0.1) is 6.92 Å². The summed E-state index contributed by atoms with van der Waals surface area (Å²) in [6.07, 6.45) is 8.77. The van der Waals surface area contributed by atoms with Crippen molar-refractivity contribution < 1.29 is 9.90 Å². The minimum atomic E-state index is -0.965. The van der Waals surface area contributed by atoms with Crippen molar-refractivity contribution in [1.82, 2.24) is 9.97 Å². The van der Waals surface area contributed by atoms with Crippen LogP contribution in [-0.2, 0) is 0 Å².